The monoisotopic (exact) mass is 689 g/mol. The summed E-state index contributed by atoms with van der Waals surface area (Å²) in [5, 5.41) is 2.56. The number of hydrogen-bond donors (Lipinski definition) is 0. The van der Waals surface area contributed by atoms with Gasteiger partial charge in [0.2, 0.25) is 0 Å². The molecule has 0 aromatic heterocycles. The molecule has 4 saturated carbocycles. The van der Waals surface area contributed by atoms with E-state index in [1.54, 1.807) is 11.1 Å². The molecule has 0 N–H and O–H groups in total. The number of anilines is 3. The van der Waals surface area contributed by atoms with Gasteiger partial charge < -0.3 is 4.90 Å². The van der Waals surface area contributed by atoms with Crippen molar-refractivity contribution in [2.75, 3.05) is 4.90 Å². The molecule has 264 valence electrons. The van der Waals surface area contributed by atoms with E-state index in [1.807, 2.05) is 0 Å². The number of hydrogen-bond acceptors (Lipinski definition) is 1. The summed E-state index contributed by atoms with van der Waals surface area (Å²) < 4.78 is 0. The molecule has 6 aromatic rings. The van der Waals surface area contributed by atoms with Crippen LogP contribution in [0.5, 0.6) is 0 Å². The van der Waals surface area contributed by atoms with Crippen LogP contribution in [0.25, 0.3) is 33.0 Å². The van der Waals surface area contributed by atoms with Crippen LogP contribution in [0.4, 0.5) is 17.1 Å². The second-order valence-electron chi connectivity index (χ2n) is 18.8. The molecule has 0 aliphatic heterocycles. The van der Waals surface area contributed by atoms with E-state index in [1.165, 1.54) is 106 Å². The molecule has 53 heavy (non-hydrogen) atoms. The summed E-state index contributed by atoms with van der Waals surface area (Å²) in [4.78, 5) is 2.58. The average Bonchev–Trinajstić information content (AvgIpc) is 3.47. The minimum Gasteiger partial charge on any atom is -0.310 e. The Morgan fingerprint density at radius 2 is 1.09 bits per heavy atom. The van der Waals surface area contributed by atoms with Crippen LogP contribution in [0.1, 0.15) is 94.9 Å². The van der Waals surface area contributed by atoms with Gasteiger partial charge >= 0.3 is 0 Å². The number of fused-ring (bicyclic) bond motifs is 5. The lowest BCUT2D eigenvalue weighted by Crippen LogP contribution is -2.55. The third-order valence-corrected chi connectivity index (χ3v) is 15.1. The smallest absolute Gasteiger partial charge is 0.0543 e. The van der Waals surface area contributed by atoms with Gasteiger partial charge in [0.05, 0.1) is 5.69 Å². The molecule has 6 aliphatic carbocycles. The fraction of sp³-hybridized carbons (Fsp3) is 0.346. The summed E-state index contributed by atoms with van der Waals surface area (Å²) in [5.41, 5.74) is 16.1. The molecule has 0 atom stereocenters. The molecule has 1 nitrogen and oxygen atoms in total. The van der Waals surface area contributed by atoms with Crippen molar-refractivity contribution in [3.8, 4) is 22.3 Å². The highest BCUT2D eigenvalue weighted by molar-refractivity contribution is 5.97. The van der Waals surface area contributed by atoms with Gasteiger partial charge in [0.1, 0.15) is 0 Å². The molecular formula is C52H51N. The minimum absolute atomic E-state index is 0.140. The Bertz CT molecular complexity index is 2400. The molecule has 6 aliphatic rings. The summed E-state index contributed by atoms with van der Waals surface area (Å²) in [6.07, 6.45) is 9.52. The largest absolute Gasteiger partial charge is 0.310 e. The Labute approximate surface area is 316 Å². The van der Waals surface area contributed by atoms with E-state index in [4.69, 9.17) is 0 Å². The summed E-state index contributed by atoms with van der Waals surface area (Å²) in [7, 11) is 0. The lowest BCUT2D eigenvalue weighted by molar-refractivity contribution is -0.0399. The average molecular weight is 690 g/mol. The zero-order valence-electron chi connectivity index (χ0n) is 31.8. The van der Waals surface area contributed by atoms with Crippen LogP contribution in [-0.2, 0) is 16.2 Å². The number of rotatable bonds is 4. The summed E-state index contributed by atoms with van der Waals surface area (Å²) >= 11 is 0. The highest BCUT2D eigenvalue weighted by atomic mass is 15.1. The third kappa shape index (κ3) is 4.49. The fourth-order valence-electron chi connectivity index (χ4n) is 12.9. The second kappa shape index (κ2) is 11.2. The molecule has 6 aromatic carbocycles. The molecular weight excluding hydrogens is 639 g/mol. The van der Waals surface area contributed by atoms with Gasteiger partial charge in [-0.15, -0.1) is 0 Å². The van der Waals surface area contributed by atoms with Crippen molar-refractivity contribution in [1.29, 1.82) is 0 Å². The topological polar surface area (TPSA) is 3.24 Å². The van der Waals surface area contributed by atoms with Crippen LogP contribution in [0, 0.1) is 23.7 Å². The van der Waals surface area contributed by atoms with E-state index in [0.717, 1.165) is 23.7 Å². The van der Waals surface area contributed by atoms with E-state index in [9.17, 15) is 0 Å². The Kier molecular flexibility index (Phi) is 6.74. The predicted molar refractivity (Wildman–Crippen MR) is 223 cm³/mol. The van der Waals surface area contributed by atoms with Gasteiger partial charge in [-0.1, -0.05) is 125 Å². The molecule has 0 saturated heterocycles. The molecule has 4 bridgehead atoms. The summed E-state index contributed by atoms with van der Waals surface area (Å²) in [5.74, 6) is 3.36. The Balaban J connectivity index is 1.11. The first kappa shape index (κ1) is 31.9. The van der Waals surface area contributed by atoms with Crippen LogP contribution in [0.15, 0.2) is 127 Å². The highest BCUT2D eigenvalue weighted by Crippen LogP contribution is 2.70. The predicted octanol–water partition coefficient (Wildman–Crippen LogP) is 14.0. The normalized spacial score (nSPS) is 26.7. The molecule has 0 radical (unpaired) electrons. The van der Waals surface area contributed by atoms with Crippen LogP contribution >= 0.6 is 0 Å². The maximum atomic E-state index is 2.58. The third-order valence-electron chi connectivity index (χ3n) is 15.1. The molecule has 0 unspecified atom stereocenters. The highest BCUT2D eigenvalue weighted by Gasteiger charge is 2.61. The SMILES string of the molecule is CC1(C)CCC(C)(C)c2c(-c3ccc(N(c4ccc5ccccc5c4)c4cccc5c4-c4ccccc4C54C5CC6CC(C5)CC4C6)cc3)cccc21. The summed E-state index contributed by atoms with van der Waals surface area (Å²) in [6, 6.07) is 49.4. The van der Waals surface area contributed by atoms with E-state index in [0.29, 0.717) is 0 Å². The van der Waals surface area contributed by atoms with Crippen molar-refractivity contribution in [2.24, 2.45) is 23.7 Å². The molecule has 4 fully saturated rings. The number of benzene rings is 6. The first-order chi connectivity index (χ1) is 25.7. The molecule has 0 heterocycles. The van der Waals surface area contributed by atoms with E-state index >= 15 is 0 Å². The van der Waals surface area contributed by atoms with E-state index < -0.39 is 0 Å². The van der Waals surface area contributed by atoms with Crippen molar-refractivity contribution in [3.63, 3.8) is 0 Å². The van der Waals surface area contributed by atoms with Gasteiger partial charge in [0, 0.05) is 22.4 Å². The fourth-order valence-corrected chi connectivity index (χ4v) is 12.9. The molecule has 1 spiro atoms. The van der Waals surface area contributed by atoms with Crippen molar-refractivity contribution < 1.29 is 0 Å². The van der Waals surface area contributed by atoms with E-state index in [2.05, 4.69) is 160 Å². The quantitative estimate of drug-likeness (QED) is 0.178. The van der Waals surface area contributed by atoms with Crippen LogP contribution < -0.4 is 4.90 Å². The maximum Gasteiger partial charge on any atom is 0.0543 e. The lowest BCUT2D eigenvalue weighted by Gasteiger charge is -2.61. The first-order valence-corrected chi connectivity index (χ1v) is 20.5. The van der Waals surface area contributed by atoms with Gasteiger partial charge in [-0.3, -0.25) is 0 Å². The van der Waals surface area contributed by atoms with Gasteiger partial charge in [-0.2, -0.15) is 0 Å². The van der Waals surface area contributed by atoms with Crippen LogP contribution in [-0.4, -0.2) is 0 Å². The Morgan fingerprint density at radius 1 is 0.491 bits per heavy atom. The maximum absolute atomic E-state index is 2.58. The molecule has 0 amide bonds. The van der Waals surface area contributed by atoms with E-state index in [-0.39, 0.29) is 16.2 Å². The zero-order chi connectivity index (χ0) is 35.7. The lowest BCUT2D eigenvalue weighted by atomic mass is 9.43. The Morgan fingerprint density at radius 3 is 1.87 bits per heavy atom. The second-order valence-corrected chi connectivity index (χ2v) is 18.8. The molecule has 12 rings (SSSR count). The van der Waals surface area contributed by atoms with Crippen molar-refractivity contribution in [3.05, 3.63) is 150 Å². The van der Waals surface area contributed by atoms with Crippen molar-refractivity contribution >= 4 is 27.8 Å². The van der Waals surface area contributed by atoms with Gasteiger partial charge in [-0.25, -0.2) is 0 Å². The van der Waals surface area contributed by atoms with Crippen molar-refractivity contribution in [2.45, 2.75) is 88.9 Å². The van der Waals surface area contributed by atoms with Gasteiger partial charge in [0.25, 0.3) is 0 Å². The van der Waals surface area contributed by atoms with Crippen LogP contribution in [0.2, 0.25) is 0 Å². The van der Waals surface area contributed by atoms with Crippen LogP contribution in [0.3, 0.4) is 0 Å². The number of nitrogens with zero attached hydrogens (tertiary/aromatic N) is 1. The van der Waals surface area contributed by atoms with Gasteiger partial charge in [0.15, 0.2) is 0 Å². The zero-order valence-corrected chi connectivity index (χ0v) is 31.8. The molecule has 1 heteroatoms. The minimum atomic E-state index is 0.140. The standard InChI is InChI=1S/C52H51N/c1-50(2)25-26-51(3,4)49-42(14-9-17-46(49)50)36-20-22-40(23-21-36)53(41-24-19-35-11-5-6-12-37(35)32-41)47-18-10-16-45-48(47)43-13-7-8-15-44(43)52(45)38-28-33-27-34(30-38)31-39(52)29-33/h5-24,32-34,38-39H,25-31H2,1-4H3. The first-order valence-electron chi connectivity index (χ1n) is 20.5. The summed E-state index contributed by atoms with van der Waals surface area (Å²) in [6.45, 7) is 9.76. The van der Waals surface area contributed by atoms with Crippen molar-refractivity contribution in [1.82, 2.24) is 0 Å². The van der Waals surface area contributed by atoms with Gasteiger partial charge in [-0.05, 0) is 159 Å². The Hall–Kier alpha value is -4.62.